The highest BCUT2D eigenvalue weighted by Crippen LogP contribution is 2.19. The Labute approximate surface area is 135 Å². The van der Waals surface area contributed by atoms with E-state index in [1.807, 2.05) is 44.0 Å². The zero-order valence-corrected chi connectivity index (χ0v) is 13.7. The number of nitriles is 1. The Morgan fingerprint density at radius 2 is 1.91 bits per heavy atom. The molecule has 2 aromatic rings. The molecule has 114 valence electrons. The van der Waals surface area contributed by atoms with Crippen molar-refractivity contribution in [2.45, 2.75) is 13.8 Å². The second kappa shape index (κ2) is 7.15. The number of hydrogen-bond acceptors (Lipinski definition) is 4. The van der Waals surface area contributed by atoms with Crippen molar-refractivity contribution in [2.75, 3.05) is 25.1 Å². The summed E-state index contributed by atoms with van der Waals surface area (Å²) in [7, 11) is 1.91. The van der Waals surface area contributed by atoms with Crippen molar-refractivity contribution in [3.05, 3.63) is 52.2 Å². The fraction of sp³-hybridized carbons (Fsp3) is 0.294. The molecule has 0 fully saturated rings. The molecule has 0 spiro atoms. The molecule has 0 aliphatic heterocycles. The zero-order chi connectivity index (χ0) is 16.1. The molecule has 1 aromatic heterocycles. The number of aromatic nitrogens is 1. The summed E-state index contributed by atoms with van der Waals surface area (Å²) in [5.74, 6) is 1.57. The van der Waals surface area contributed by atoms with Crippen LogP contribution in [0.3, 0.4) is 0 Å². The number of benzene rings is 1. The molecule has 0 bridgehead atoms. The molecule has 22 heavy (non-hydrogen) atoms. The number of pyridine rings is 1. The Kier molecular flexibility index (Phi) is 5.24. The van der Waals surface area contributed by atoms with E-state index in [2.05, 4.69) is 11.1 Å². The monoisotopic (exact) mass is 315 g/mol. The van der Waals surface area contributed by atoms with Crippen molar-refractivity contribution in [3.63, 3.8) is 0 Å². The Morgan fingerprint density at radius 1 is 1.23 bits per heavy atom. The maximum atomic E-state index is 8.96. The first kappa shape index (κ1) is 16.1. The Balaban J connectivity index is 1.95. The van der Waals surface area contributed by atoms with E-state index < -0.39 is 0 Å². The predicted molar refractivity (Wildman–Crippen MR) is 88.6 cm³/mol. The Hall–Kier alpha value is -2.25. The normalized spacial score (nSPS) is 10.1. The van der Waals surface area contributed by atoms with E-state index in [-0.39, 0.29) is 5.69 Å². The van der Waals surface area contributed by atoms with E-state index in [0.29, 0.717) is 24.0 Å². The summed E-state index contributed by atoms with van der Waals surface area (Å²) in [6.45, 7) is 5.29. The second-order valence-electron chi connectivity index (χ2n) is 5.21. The quantitative estimate of drug-likeness (QED) is 0.843. The van der Waals surface area contributed by atoms with Gasteiger partial charge in [-0.25, -0.2) is 4.98 Å². The lowest BCUT2D eigenvalue weighted by atomic mass is 10.1. The van der Waals surface area contributed by atoms with Gasteiger partial charge in [0.15, 0.2) is 5.69 Å². The number of aryl methyl sites for hydroxylation is 2. The van der Waals surface area contributed by atoms with E-state index in [9.17, 15) is 0 Å². The number of hydrogen-bond donors (Lipinski definition) is 0. The van der Waals surface area contributed by atoms with Crippen molar-refractivity contribution in [3.8, 4) is 11.8 Å². The topological polar surface area (TPSA) is 49.1 Å². The largest absolute Gasteiger partial charge is 0.492 e. The third-order valence-corrected chi connectivity index (χ3v) is 3.52. The van der Waals surface area contributed by atoms with Gasteiger partial charge in [-0.3, -0.25) is 0 Å². The summed E-state index contributed by atoms with van der Waals surface area (Å²) < 4.78 is 5.78. The minimum Gasteiger partial charge on any atom is -0.492 e. The Bertz CT molecular complexity index is 689. The van der Waals surface area contributed by atoms with Crippen molar-refractivity contribution in [2.24, 2.45) is 0 Å². The van der Waals surface area contributed by atoms with Crippen LogP contribution in [-0.4, -0.2) is 25.2 Å². The average Bonchev–Trinajstić information content (AvgIpc) is 2.46. The summed E-state index contributed by atoms with van der Waals surface area (Å²) in [4.78, 5) is 6.15. The SMILES string of the molecule is Cc1cc(C)cc(OCCN(C)c2ccc(Cl)c(C#N)n2)c1. The van der Waals surface area contributed by atoms with Gasteiger partial charge in [0.05, 0.1) is 11.6 Å². The third kappa shape index (κ3) is 4.12. The molecule has 1 heterocycles. The molecular weight excluding hydrogens is 298 g/mol. The molecule has 0 atom stereocenters. The first-order chi connectivity index (χ1) is 10.5. The van der Waals surface area contributed by atoms with Crippen LogP contribution in [-0.2, 0) is 0 Å². The second-order valence-corrected chi connectivity index (χ2v) is 5.61. The highest BCUT2D eigenvalue weighted by Gasteiger charge is 2.07. The van der Waals surface area contributed by atoms with E-state index >= 15 is 0 Å². The molecule has 0 aliphatic carbocycles. The fourth-order valence-electron chi connectivity index (χ4n) is 2.15. The number of rotatable bonds is 5. The number of halogens is 1. The maximum absolute atomic E-state index is 8.96. The van der Waals surface area contributed by atoms with Crippen LogP contribution < -0.4 is 9.64 Å². The van der Waals surface area contributed by atoms with Crippen LogP contribution in [0.15, 0.2) is 30.3 Å². The van der Waals surface area contributed by atoms with Crippen molar-refractivity contribution in [1.82, 2.24) is 4.98 Å². The minimum absolute atomic E-state index is 0.237. The molecule has 0 amide bonds. The van der Waals surface area contributed by atoms with Crippen LogP contribution >= 0.6 is 11.6 Å². The summed E-state index contributed by atoms with van der Waals surface area (Å²) >= 11 is 5.89. The first-order valence-electron chi connectivity index (χ1n) is 6.98. The third-order valence-electron chi connectivity index (χ3n) is 3.22. The van der Waals surface area contributed by atoms with Gasteiger partial charge in [0.1, 0.15) is 24.2 Å². The smallest absolute Gasteiger partial charge is 0.161 e. The lowest BCUT2D eigenvalue weighted by Gasteiger charge is -2.19. The Morgan fingerprint density at radius 3 is 2.55 bits per heavy atom. The van der Waals surface area contributed by atoms with Crippen LogP contribution in [0.5, 0.6) is 5.75 Å². The molecule has 0 unspecified atom stereocenters. The molecule has 0 radical (unpaired) electrons. The average molecular weight is 316 g/mol. The van der Waals surface area contributed by atoms with Crippen LogP contribution in [0.1, 0.15) is 16.8 Å². The lowest BCUT2D eigenvalue weighted by molar-refractivity contribution is 0.325. The van der Waals surface area contributed by atoms with E-state index in [1.54, 1.807) is 12.1 Å². The molecule has 0 saturated carbocycles. The van der Waals surface area contributed by atoms with Gasteiger partial charge in [-0.2, -0.15) is 5.26 Å². The van der Waals surface area contributed by atoms with Crippen LogP contribution in [0.4, 0.5) is 5.82 Å². The lowest BCUT2D eigenvalue weighted by Crippen LogP contribution is -2.24. The molecule has 0 aliphatic rings. The molecule has 0 N–H and O–H groups in total. The van der Waals surface area contributed by atoms with E-state index in [0.717, 1.165) is 5.75 Å². The van der Waals surface area contributed by atoms with Gasteiger partial charge in [0.2, 0.25) is 0 Å². The van der Waals surface area contributed by atoms with E-state index in [1.165, 1.54) is 11.1 Å². The first-order valence-corrected chi connectivity index (χ1v) is 7.36. The summed E-state index contributed by atoms with van der Waals surface area (Å²) in [5.41, 5.74) is 2.60. The summed E-state index contributed by atoms with van der Waals surface area (Å²) in [6.07, 6.45) is 0. The molecular formula is C17H18ClN3O. The summed E-state index contributed by atoms with van der Waals surface area (Å²) in [5, 5.41) is 9.33. The van der Waals surface area contributed by atoms with Gasteiger partial charge in [0, 0.05) is 7.05 Å². The molecule has 5 heteroatoms. The van der Waals surface area contributed by atoms with Crippen molar-refractivity contribution in [1.29, 1.82) is 5.26 Å². The van der Waals surface area contributed by atoms with Gasteiger partial charge in [0.25, 0.3) is 0 Å². The van der Waals surface area contributed by atoms with Crippen LogP contribution in [0, 0.1) is 25.2 Å². The fourth-order valence-corrected chi connectivity index (χ4v) is 2.30. The van der Waals surface area contributed by atoms with Crippen LogP contribution in [0.2, 0.25) is 5.02 Å². The van der Waals surface area contributed by atoms with Crippen molar-refractivity contribution < 1.29 is 4.74 Å². The van der Waals surface area contributed by atoms with E-state index in [4.69, 9.17) is 21.6 Å². The molecule has 1 aromatic carbocycles. The van der Waals surface area contributed by atoms with Gasteiger partial charge >= 0.3 is 0 Å². The number of anilines is 1. The van der Waals surface area contributed by atoms with Gasteiger partial charge in [-0.15, -0.1) is 0 Å². The maximum Gasteiger partial charge on any atom is 0.161 e. The number of ether oxygens (including phenoxy) is 1. The van der Waals surface area contributed by atoms with Gasteiger partial charge in [-0.05, 0) is 49.2 Å². The zero-order valence-electron chi connectivity index (χ0n) is 12.9. The van der Waals surface area contributed by atoms with Crippen molar-refractivity contribution >= 4 is 17.4 Å². The highest BCUT2D eigenvalue weighted by atomic mass is 35.5. The number of nitrogens with zero attached hydrogens (tertiary/aromatic N) is 3. The molecule has 0 saturated heterocycles. The molecule has 4 nitrogen and oxygen atoms in total. The molecule has 2 rings (SSSR count). The predicted octanol–water partition coefficient (Wildman–Crippen LogP) is 3.74. The number of likely N-dealkylation sites (N-methyl/N-ethyl adjacent to an activating group) is 1. The standard InChI is InChI=1S/C17H18ClN3O/c1-12-8-13(2)10-14(9-12)22-7-6-21(3)17-5-4-15(18)16(11-19)20-17/h4-5,8-10H,6-7H2,1-3H3. The van der Waals surface area contributed by atoms with Gasteiger partial charge < -0.3 is 9.64 Å². The van der Waals surface area contributed by atoms with Gasteiger partial charge in [-0.1, -0.05) is 17.7 Å². The highest BCUT2D eigenvalue weighted by molar-refractivity contribution is 6.31. The minimum atomic E-state index is 0.237. The van der Waals surface area contributed by atoms with Crippen LogP contribution in [0.25, 0.3) is 0 Å². The summed E-state index contributed by atoms with van der Waals surface area (Å²) in [6, 6.07) is 11.6.